The molecule has 10 heteroatoms. The van der Waals surface area contributed by atoms with Crippen molar-refractivity contribution in [3.63, 3.8) is 0 Å². The highest BCUT2D eigenvalue weighted by atomic mass is 16.6. The summed E-state index contributed by atoms with van der Waals surface area (Å²) in [7, 11) is 0. The van der Waals surface area contributed by atoms with Gasteiger partial charge in [0.2, 0.25) is 0 Å². The molecule has 0 bridgehead atoms. The Balaban J connectivity index is 0.000000235. The van der Waals surface area contributed by atoms with Gasteiger partial charge in [-0.25, -0.2) is 10.8 Å². The van der Waals surface area contributed by atoms with Crippen molar-refractivity contribution in [3.8, 4) is 0 Å². The molecule has 0 aromatic heterocycles. The minimum absolute atomic E-state index is 0.0189. The Labute approximate surface area is 211 Å². The van der Waals surface area contributed by atoms with Crippen molar-refractivity contribution in [1.29, 1.82) is 10.8 Å². The molecule has 0 aliphatic heterocycles. The minimum Gasteiger partial charge on any atom is -0.289 e. The lowest BCUT2D eigenvalue weighted by atomic mass is 10.0. The molecule has 0 aliphatic rings. The summed E-state index contributed by atoms with van der Waals surface area (Å²) >= 11 is 0. The van der Waals surface area contributed by atoms with Crippen LogP contribution in [0.15, 0.2) is 109 Å². The minimum atomic E-state index is -0.489. The summed E-state index contributed by atoms with van der Waals surface area (Å²) in [5, 5.41) is 32.2. The predicted octanol–water partition coefficient (Wildman–Crippen LogP) is 5.97. The number of benzene rings is 4. The van der Waals surface area contributed by atoms with Crippen molar-refractivity contribution in [2.75, 3.05) is 0 Å². The average Bonchev–Trinajstić information content (AvgIpc) is 2.94. The van der Waals surface area contributed by atoms with Gasteiger partial charge in [-0.3, -0.25) is 29.8 Å². The lowest BCUT2D eigenvalue weighted by Gasteiger charge is -2.00. The number of hydrogen-bond acceptors (Lipinski definition) is 8. The number of rotatable bonds is 6. The van der Waals surface area contributed by atoms with E-state index < -0.39 is 9.85 Å². The van der Waals surface area contributed by atoms with Crippen LogP contribution in [0.1, 0.15) is 31.8 Å². The van der Waals surface area contributed by atoms with Crippen LogP contribution >= 0.6 is 0 Å². The van der Waals surface area contributed by atoms with E-state index in [-0.39, 0.29) is 22.9 Å². The molecule has 184 valence electrons. The number of carbonyl (C=O) groups is 2. The van der Waals surface area contributed by atoms with Crippen LogP contribution in [0.3, 0.4) is 0 Å². The van der Waals surface area contributed by atoms with Crippen LogP contribution in [-0.4, -0.2) is 27.4 Å². The van der Waals surface area contributed by atoms with Gasteiger partial charge < -0.3 is 0 Å². The van der Waals surface area contributed by atoms with Crippen molar-refractivity contribution >= 4 is 28.9 Å². The van der Waals surface area contributed by atoms with E-state index in [1.807, 2.05) is 12.1 Å². The molecule has 0 radical (unpaired) electrons. The summed E-state index contributed by atoms with van der Waals surface area (Å²) in [6, 6.07) is 30.0. The maximum atomic E-state index is 12.0. The first kappa shape index (κ1) is 27.6. The van der Waals surface area contributed by atoms with Gasteiger partial charge in [-0.05, 0) is 24.3 Å². The highest BCUT2D eigenvalue weighted by Crippen LogP contribution is 2.16. The molecule has 0 spiro atoms. The summed E-state index contributed by atoms with van der Waals surface area (Å²) in [4.78, 5) is 43.9. The summed E-state index contributed by atoms with van der Waals surface area (Å²) in [6.45, 7) is 0. The van der Waals surface area contributed by atoms with E-state index >= 15 is 0 Å². The fourth-order valence-electron chi connectivity index (χ4n) is 2.98. The highest BCUT2D eigenvalue weighted by molar-refractivity contribution is 6.09. The number of nitro benzene ring substituents is 2. The topological polar surface area (TPSA) is 168 Å². The smallest absolute Gasteiger partial charge is 0.269 e. The third-order valence-electron chi connectivity index (χ3n) is 4.75. The van der Waals surface area contributed by atoms with Crippen molar-refractivity contribution in [1.82, 2.24) is 0 Å². The standard InChI is InChI=1S/2C13H9NO3.CH2N2/c2*15-13(10-4-2-1-3-5-10)11-6-8-12(9-7-11)14(16)17;2-1-3/h2*1-9H;2-3H. The van der Waals surface area contributed by atoms with Gasteiger partial charge in [0.15, 0.2) is 11.6 Å². The second-order valence-corrected chi connectivity index (χ2v) is 7.12. The molecule has 0 atom stereocenters. The number of ketones is 2. The molecule has 0 fully saturated rings. The van der Waals surface area contributed by atoms with Gasteiger partial charge in [-0.15, -0.1) is 0 Å². The van der Waals surface area contributed by atoms with E-state index in [0.717, 1.165) is 0 Å². The van der Waals surface area contributed by atoms with E-state index in [2.05, 4.69) is 0 Å². The molecule has 2 N–H and O–H groups in total. The third kappa shape index (κ3) is 8.29. The van der Waals surface area contributed by atoms with Crippen molar-refractivity contribution in [2.45, 2.75) is 0 Å². The van der Waals surface area contributed by atoms with Crippen molar-refractivity contribution in [3.05, 3.63) is 152 Å². The summed E-state index contributed by atoms with van der Waals surface area (Å²) < 4.78 is 0. The molecule has 0 aliphatic carbocycles. The van der Waals surface area contributed by atoms with Crippen LogP contribution in [0.2, 0.25) is 0 Å². The molecule has 0 saturated heterocycles. The summed E-state index contributed by atoms with van der Waals surface area (Å²) in [5.41, 5.74) is 2.00. The largest absolute Gasteiger partial charge is 0.289 e. The number of nitrogens with one attached hydrogen (secondary N) is 2. The van der Waals surface area contributed by atoms with Crippen LogP contribution in [-0.2, 0) is 0 Å². The molecule has 4 aromatic carbocycles. The van der Waals surface area contributed by atoms with Gasteiger partial charge in [0.25, 0.3) is 11.4 Å². The predicted molar refractivity (Wildman–Crippen MR) is 136 cm³/mol. The zero-order chi connectivity index (χ0) is 27.2. The zero-order valence-corrected chi connectivity index (χ0v) is 19.2. The van der Waals surface area contributed by atoms with Crippen LogP contribution < -0.4 is 0 Å². The van der Waals surface area contributed by atoms with E-state index in [1.165, 1.54) is 54.5 Å². The van der Waals surface area contributed by atoms with Gasteiger partial charge in [0, 0.05) is 46.5 Å². The highest BCUT2D eigenvalue weighted by Gasteiger charge is 2.12. The Bertz CT molecular complexity index is 1290. The Kier molecular flexibility index (Phi) is 10.4. The molecule has 0 saturated carbocycles. The third-order valence-corrected chi connectivity index (χ3v) is 4.75. The van der Waals surface area contributed by atoms with Crippen molar-refractivity contribution in [2.24, 2.45) is 0 Å². The van der Waals surface area contributed by atoms with Gasteiger partial charge in [-0.2, -0.15) is 0 Å². The van der Waals surface area contributed by atoms with Crippen LogP contribution in [0.4, 0.5) is 11.4 Å². The Morgan fingerprint density at radius 1 is 0.514 bits per heavy atom. The second-order valence-electron chi connectivity index (χ2n) is 7.12. The number of nitrogens with zero attached hydrogens (tertiary/aromatic N) is 2. The summed E-state index contributed by atoms with van der Waals surface area (Å²) in [5.74, 6) is -0.277. The van der Waals surface area contributed by atoms with E-state index in [1.54, 1.807) is 48.5 Å². The van der Waals surface area contributed by atoms with Crippen molar-refractivity contribution < 1.29 is 19.4 Å². The normalized spacial score (nSPS) is 9.30. The molecular weight excluding hydrogens is 476 g/mol. The first-order valence-corrected chi connectivity index (χ1v) is 10.5. The molecule has 0 heterocycles. The quantitative estimate of drug-likeness (QED) is 0.144. The lowest BCUT2D eigenvalue weighted by molar-refractivity contribution is -0.385. The monoisotopic (exact) mass is 496 g/mol. The molecule has 10 nitrogen and oxygen atoms in total. The molecule has 4 aromatic rings. The first-order chi connectivity index (χ1) is 17.8. The molecule has 37 heavy (non-hydrogen) atoms. The second kappa shape index (κ2) is 14.0. The SMILES string of the molecule is N=C=N.O=C(c1ccccc1)c1ccc([N+](=O)[O-])cc1.O=C(c1ccccc1)c1ccc([N+](=O)[O-])cc1. The molecule has 4 rings (SSSR count). The fourth-order valence-corrected chi connectivity index (χ4v) is 2.98. The molecule has 0 amide bonds. The molecular formula is C27H20N4O6. The van der Waals surface area contributed by atoms with E-state index in [9.17, 15) is 29.8 Å². The van der Waals surface area contributed by atoms with Gasteiger partial charge in [0.05, 0.1) is 15.9 Å². The van der Waals surface area contributed by atoms with Gasteiger partial charge in [-0.1, -0.05) is 60.7 Å². The van der Waals surface area contributed by atoms with Gasteiger partial charge >= 0.3 is 0 Å². The number of nitro groups is 2. The van der Waals surface area contributed by atoms with E-state index in [4.69, 9.17) is 10.8 Å². The molecule has 0 unspecified atom stereocenters. The fraction of sp³-hybridized carbons (Fsp3) is 0. The number of hydrogen-bond donors (Lipinski definition) is 2. The lowest BCUT2D eigenvalue weighted by Crippen LogP contribution is -2.00. The first-order valence-electron chi connectivity index (χ1n) is 10.5. The number of carbonyl (C=O) groups excluding carboxylic acids is 2. The Morgan fingerprint density at radius 3 is 1.00 bits per heavy atom. The Morgan fingerprint density at radius 2 is 0.757 bits per heavy atom. The Hall–Kier alpha value is -5.60. The van der Waals surface area contributed by atoms with Crippen LogP contribution in [0, 0.1) is 31.0 Å². The van der Waals surface area contributed by atoms with Crippen LogP contribution in [0.25, 0.3) is 0 Å². The number of non-ortho nitro benzene ring substituents is 2. The average molecular weight is 496 g/mol. The summed E-state index contributed by atoms with van der Waals surface area (Å²) in [6.07, 6.45) is 0. The maximum Gasteiger partial charge on any atom is 0.269 e. The van der Waals surface area contributed by atoms with E-state index in [0.29, 0.717) is 22.3 Å². The van der Waals surface area contributed by atoms with Gasteiger partial charge in [0.1, 0.15) is 0 Å². The van der Waals surface area contributed by atoms with Crippen LogP contribution in [0.5, 0.6) is 0 Å². The zero-order valence-electron chi connectivity index (χ0n) is 19.2. The maximum absolute atomic E-state index is 12.0.